The topological polar surface area (TPSA) is 83.0 Å². The fraction of sp³-hybridized carbons (Fsp3) is 0.261. The zero-order chi connectivity index (χ0) is 22.1. The van der Waals surface area contributed by atoms with Crippen LogP contribution < -0.4 is 19.6 Å². The molecule has 0 saturated heterocycles. The van der Waals surface area contributed by atoms with Crippen LogP contribution in [0.5, 0.6) is 5.75 Å². The van der Waals surface area contributed by atoms with Crippen LogP contribution in [0.2, 0.25) is 0 Å². The van der Waals surface area contributed by atoms with Gasteiger partial charge in [-0.25, -0.2) is 9.79 Å². The van der Waals surface area contributed by atoms with E-state index >= 15 is 0 Å². The minimum Gasteiger partial charge on any atom is -0.497 e. The molecule has 8 heteroatoms. The number of esters is 1. The Balaban J connectivity index is 1.94. The lowest BCUT2D eigenvalue weighted by atomic mass is 9.96. The van der Waals surface area contributed by atoms with Crippen molar-refractivity contribution in [2.24, 2.45) is 4.99 Å². The highest BCUT2D eigenvalue weighted by molar-refractivity contribution is 7.07. The Bertz CT molecular complexity index is 1340. The predicted octanol–water partition coefficient (Wildman–Crippen LogP) is 2.71. The first-order valence-corrected chi connectivity index (χ1v) is 10.6. The Morgan fingerprint density at radius 2 is 1.97 bits per heavy atom. The van der Waals surface area contributed by atoms with Crippen LogP contribution >= 0.6 is 11.3 Å². The predicted molar refractivity (Wildman–Crippen MR) is 117 cm³/mol. The van der Waals surface area contributed by atoms with Crippen molar-refractivity contribution in [2.45, 2.75) is 26.8 Å². The van der Waals surface area contributed by atoms with Crippen molar-refractivity contribution < 1.29 is 18.7 Å². The van der Waals surface area contributed by atoms with Crippen LogP contribution in [0.4, 0.5) is 0 Å². The number of hydrogen-bond donors (Lipinski definition) is 0. The van der Waals surface area contributed by atoms with Crippen molar-refractivity contribution in [3.63, 3.8) is 0 Å². The van der Waals surface area contributed by atoms with Gasteiger partial charge in [0.25, 0.3) is 5.56 Å². The van der Waals surface area contributed by atoms with Crippen molar-refractivity contribution in [3.8, 4) is 5.75 Å². The van der Waals surface area contributed by atoms with Crippen LogP contribution in [0.3, 0.4) is 0 Å². The van der Waals surface area contributed by atoms with E-state index in [2.05, 4.69) is 4.99 Å². The lowest BCUT2D eigenvalue weighted by Crippen LogP contribution is -2.39. The summed E-state index contributed by atoms with van der Waals surface area (Å²) in [5, 5.41) is 0. The third-order valence-corrected chi connectivity index (χ3v) is 5.97. The standard InChI is InChI=1S/C23H22N2O5S/c1-5-29-22(27)19-14(3)24-23-25(20(19)15-7-10-16(28-4)11-8-15)21(26)18(31-23)12-17-9-6-13(2)30-17/h6-12,20H,5H2,1-4H3/t20-/m0/s1. The molecule has 4 rings (SSSR count). The van der Waals surface area contributed by atoms with E-state index in [1.807, 2.05) is 31.2 Å². The number of hydrogen-bond acceptors (Lipinski definition) is 7. The number of carbonyl (C=O) groups is 1. The van der Waals surface area contributed by atoms with Crippen molar-refractivity contribution in [1.82, 2.24) is 4.57 Å². The molecule has 3 aromatic rings. The fourth-order valence-electron chi connectivity index (χ4n) is 3.55. The average Bonchev–Trinajstić information content (AvgIpc) is 3.30. The second kappa shape index (κ2) is 8.39. The maximum Gasteiger partial charge on any atom is 0.338 e. The highest BCUT2D eigenvalue weighted by atomic mass is 32.1. The molecule has 0 fully saturated rings. The van der Waals surface area contributed by atoms with E-state index in [1.165, 1.54) is 11.3 Å². The van der Waals surface area contributed by atoms with E-state index in [0.29, 0.717) is 32.1 Å². The summed E-state index contributed by atoms with van der Waals surface area (Å²) in [7, 11) is 1.59. The monoisotopic (exact) mass is 438 g/mol. The molecule has 0 saturated carbocycles. The highest BCUT2D eigenvalue weighted by Crippen LogP contribution is 2.31. The van der Waals surface area contributed by atoms with Gasteiger partial charge in [-0.3, -0.25) is 9.36 Å². The first-order chi connectivity index (χ1) is 14.9. The van der Waals surface area contributed by atoms with Gasteiger partial charge in [0, 0.05) is 6.08 Å². The van der Waals surface area contributed by atoms with Gasteiger partial charge < -0.3 is 13.9 Å². The molecule has 1 aliphatic rings. The summed E-state index contributed by atoms with van der Waals surface area (Å²) in [6.07, 6.45) is 1.70. The van der Waals surface area contributed by atoms with Crippen molar-refractivity contribution in [3.05, 3.63) is 84.4 Å². The molecule has 0 aliphatic carbocycles. The number of furan rings is 1. The quantitative estimate of drug-likeness (QED) is 0.572. The Morgan fingerprint density at radius 3 is 2.58 bits per heavy atom. The molecule has 0 spiro atoms. The summed E-state index contributed by atoms with van der Waals surface area (Å²) in [5.41, 5.74) is 1.40. The van der Waals surface area contributed by atoms with Crippen LogP contribution in [-0.4, -0.2) is 24.3 Å². The molecule has 3 heterocycles. The number of aromatic nitrogens is 1. The number of fused-ring (bicyclic) bond motifs is 1. The van der Waals surface area contributed by atoms with Crippen molar-refractivity contribution in [2.75, 3.05) is 13.7 Å². The molecule has 160 valence electrons. The van der Waals surface area contributed by atoms with Crippen molar-refractivity contribution >= 4 is 23.4 Å². The second-order valence-electron chi connectivity index (χ2n) is 7.02. The summed E-state index contributed by atoms with van der Waals surface area (Å²) in [4.78, 5) is 31.3. The van der Waals surface area contributed by atoms with Crippen LogP contribution in [-0.2, 0) is 9.53 Å². The van der Waals surface area contributed by atoms with Gasteiger partial charge in [-0.15, -0.1) is 0 Å². The molecule has 1 aromatic carbocycles. The van der Waals surface area contributed by atoms with E-state index in [9.17, 15) is 9.59 Å². The molecule has 0 radical (unpaired) electrons. The Hall–Kier alpha value is -3.39. The zero-order valence-corrected chi connectivity index (χ0v) is 18.5. The molecule has 7 nitrogen and oxygen atoms in total. The number of carbonyl (C=O) groups excluding carboxylic acids is 1. The molecule has 31 heavy (non-hydrogen) atoms. The summed E-state index contributed by atoms with van der Waals surface area (Å²) < 4.78 is 18.2. The molecular formula is C23H22N2O5S. The van der Waals surface area contributed by atoms with Gasteiger partial charge >= 0.3 is 5.97 Å². The number of nitrogens with zero attached hydrogens (tertiary/aromatic N) is 2. The van der Waals surface area contributed by atoms with Crippen LogP contribution in [0, 0.1) is 6.92 Å². The third kappa shape index (κ3) is 3.86. The Kier molecular flexibility index (Phi) is 5.65. The summed E-state index contributed by atoms with van der Waals surface area (Å²) >= 11 is 1.26. The fourth-order valence-corrected chi connectivity index (χ4v) is 4.58. The van der Waals surface area contributed by atoms with Crippen LogP contribution in [0.25, 0.3) is 6.08 Å². The SMILES string of the molecule is CCOC(=O)C1=C(C)N=c2sc(=Cc3ccc(C)o3)c(=O)n2[C@H]1c1ccc(OC)cc1. The smallest absolute Gasteiger partial charge is 0.338 e. The molecule has 2 aromatic heterocycles. The van der Waals surface area contributed by atoms with E-state index < -0.39 is 12.0 Å². The third-order valence-electron chi connectivity index (χ3n) is 4.98. The van der Waals surface area contributed by atoms with E-state index in [0.717, 1.165) is 11.3 Å². The maximum atomic E-state index is 13.4. The number of benzene rings is 1. The number of thiazole rings is 1. The van der Waals surface area contributed by atoms with Crippen molar-refractivity contribution in [1.29, 1.82) is 0 Å². The zero-order valence-electron chi connectivity index (χ0n) is 17.7. The van der Waals surface area contributed by atoms with Gasteiger partial charge in [0.2, 0.25) is 0 Å². The second-order valence-corrected chi connectivity index (χ2v) is 8.03. The Morgan fingerprint density at radius 1 is 1.23 bits per heavy atom. The van der Waals surface area contributed by atoms with Gasteiger partial charge in [-0.2, -0.15) is 0 Å². The summed E-state index contributed by atoms with van der Waals surface area (Å²) in [5.74, 6) is 1.55. The molecule has 0 N–H and O–H groups in total. The lowest BCUT2D eigenvalue weighted by Gasteiger charge is -2.24. The minimum absolute atomic E-state index is 0.229. The largest absolute Gasteiger partial charge is 0.497 e. The molecule has 1 aliphatic heterocycles. The maximum absolute atomic E-state index is 13.4. The van der Waals surface area contributed by atoms with Gasteiger partial charge in [-0.1, -0.05) is 23.5 Å². The number of rotatable bonds is 5. The highest BCUT2D eigenvalue weighted by Gasteiger charge is 2.33. The van der Waals surface area contributed by atoms with Crippen LogP contribution in [0.1, 0.15) is 37.0 Å². The van der Waals surface area contributed by atoms with Crippen LogP contribution in [0.15, 0.2) is 61.9 Å². The van der Waals surface area contributed by atoms with Gasteiger partial charge in [0.05, 0.1) is 35.6 Å². The van der Waals surface area contributed by atoms with E-state index in [-0.39, 0.29) is 12.2 Å². The number of aryl methyl sites for hydroxylation is 1. The molecule has 0 unspecified atom stereocenters. The molecule has 1 atom stereocenters. The van der Waals surface area contributed by atoms with E-state index in [1.54, 1.807) is 43.7 Å². The first kappa shape index (κ1) is 20.9. The minimum atomic E-state index is -0.651. The van der Waals surface area contributed by atoms with Gasteiger partial charge in [-0.05, 0) is 50.6 Å². The number of allylic oxidation sites excluding steroid dienone is 1. The average molecular weight is 439 g/mol. The first-order valence-electron chi connectivity index (χ1n) is 9.83. The lowest BCUT2D eigenvalue weighted by molar-refractivity contribution is -0.139. The van der Waals surface area contributed by atoms with E-state index in [4.69, 9.17) is 13.9 Å². The molecule has 0 bridgehead atoms. The molecule has 0 amide bonds. The number of methoxy groups -OCH3 is 1. The summed E-state index contributed by atoms with van der Waals surface area (Å²) in [6.45, 7) is 5.58. The van der Waals surface area contributed by atoms with Gasteiger partial charge in [0.1, 0.15) is 17.3 Å². The molecular weight excluding hydrogens is 416 g/mol. The van der Waals surface area contributed by atoms with Gasteiger partial charge in [0.15, 0.2) is 4.80 Å². The number of ether oxygens (including phenoxy) is 2. The summed E-state index contributed by atoms with van der Waals surface area (Å²) in [6, 6.07) is 10.3. The Labute approximate surface area is 182 Å². The normalized spacial score (nSPS) is 16.1.